The first kappa shape index (κ1) is 25.2. The molecule has 1 aliphatic heterocycles. The minimum atomic E-state index is 0. The lowest BCUT2D eigenvalue weighted by Gasteiger charge is -2.38. The lowest BCUT2D eigenvalue weighted by Crippen LogP contribution is -2.51. The lowest BCUT2D eigenvalue weighted by molar-refractivity contribution is 0.134. The summed E-state index contributed by atoms with van der Waals surface area (Å²) in [7, 11) is 1.84. The smallest absolute Gasteiger partial charge is 0.191 e. The third kappa shape index (κ3) is 7.57. The van der Waals surface area contributed by atoms with Crippen molar-refractivity contribution in [3.63, 3.8) is 0 Å². The maximum atomic E-state index is 4.46. The van der Waals surface area contributed by atoms with Gasteiger partial charge in [0.05, 0.1) is 6.54 Å². The number of benzene rings is 2. The zero-order valence-electron chi connectivity index (χ0n) is 19.5. The van der Waals surface area contributed by atoms with Crippen LogP contribution in [0.15, 0.2) is 78.0 Å². The molecule has 7 heteroatoms. The van der Waals surface area contributed by atoms with Crippen molar-refractivity contribution in [2.75, 3.05) is 13.6 Å². The summed E-state index contributed by atoms with van der Waals surface area (Å²) in [6.07, 6.45) is 6.04. The van der Waals surface area contributed by atoms with Crippen LogP contribution in [0.5, 0.6) is 0 Å². The highest BCUT2D eigenvalue weighted by Crippen LogP contribution is 2.20. The monoisotopic (exact) mass is 558 g/mol. The Bertz CT molecular complexity index is 989. The fourth-order valence-electron chi connectivity index (χ4n) is 4.40. The molecule has 0 bridgehead atoms. The highest BCUT2D eigenvalue weighted by atomic mass is 127. The molecular weight excluding hydrogens is 523 g/mol. The summed E-state index contributed by atoms with van der Waals surface area (Å²) in [6.45, 7) is 5.98. The van der Waals surface area contributed by atoms with Crippen LogP contribution in [0.4, 0.5) is 0 Å². The molecule has 176 valence electrons. The van der Waals surface area contributed by atoms with Crippen LogP contribution in [0.1, 0.15) is 36.5 Å². The van der Waals surface area contributed by atoms with E-state index in [0.29, 0.717) is 12.1 Å². The second kappa shape index (κ2) is 12.7. The summed E-state index contributed by atoms with van der Waals surface area (Å²) < 4.78 is 1.94. The van der Waals surface area contributed by atoms with Crippen LogP contribution >= 0.6 is 24.0 Å². The molecule has 2 N–H and O–H groups in total. The van der Waals surface area contributed by atoms with Gasteiger partial charge in [-0.05, 0) is 42.5 Å². The zero-order chi connectivity index (χ0) is 22.2. The second-order valence-corrected chi connectivity index (χ2v) is 8.62. The predicted molar refractivity (Wildman–Crippen MR) is 146 cm³/mol. The van der Waals surface area contributed by atoms with Crippen molar-refractivity contribution in [2.24, 2.45) is 4.99 Å². The molecule has 2 heterocycles. The number of halogens is 1. The summed E-state index contributed by atoms with van der Waals surface area (Å²) in [4.78, 5) is 7.04. The van der Waals surface area contributed by atoms with Crippen LogP contribution in [0.2, 0.25) is 0 Å². The van der Waals surface area contributed by atoms with Gasteiger partial charge in [-0.1, -0.05) is 54.6 Å². The number of nitrogens with zero attached hydrogens (tertiary/aromatic N) is 4. The number of hydrogen-bond donors (Lipinski definition) is 2. The molecule has 0 amide bonds. The Morgan fingerprint density at radius 1 is 1.03 bits per heavy atom. The van der Waals surface area contributed by atoms with Crippen LogP contribution in [0.25, 0.3) is 0 Å². The van der Waals surface area contributed by atoms with E-state index in [1.54, 1.807) is 0 Å². The number of aromatic nitrogens is 2. The van der Waals surface area contributed by atoms with Crippen LogP contribution in [0.3, 0.4) is 0 Å². The number of piperidine rings is 1. The number of rotatable bonds is 7. The molecule has 4 rings (SSSR count). The van der Waals surface area contributed by atoms with Crippen molar-refractivity contribution in [2.45, 2.75) is 51.5 Å². The summed E-state index contributed by atoms with van der Waals surface area (Å²) >= 11 is 0. The van der Waals surface area contributed by atoms with Crippen molar-refractivity contribution in [1.29, 1.82) is 0 Å². The minimum absolute atomic E-state index is 0. The van der Waals surface area contributed by atoms with Gasteiger partial charge in [-0.25, -0.2) is 0 Å². The Morgan fingerprint density at radius 2 is 1.82 bits per heavy atom. The fourth-order valence-corrected chi connectivity index (χ4v) is 4.40. The molecule has 0 saturated carbocycles. The Balaban J connectivity index is 0.00000306. The molecule has 0 aliphatic carbocycles. The summed E-state index contributed by atoms with van der Waals surface area (Å²) in [5.74, 6) is 0.871. The van der Waals surface area contributed by atoms with E-state index in [0.717, 1.165) is 45.0 Å². The van der Waals surface area contributed by atoms with E-state index in [4.69, 9.17) is 0 Å². The van der Waals surface area contributed by atoms with Crippen LogP contribution in [-0.4, -0.2) is 46.3 Å². The number of guanidine groups is 1. The Kier molecular flexibility index (Phi) is 9.75. The van der Waals surface area contributed by atoms with Crippen molar-refractivity contribution in [3.8, 4) is 0 Å². The van der Waals surface area contributed by atoms with Crippen molar-refractivity contribution >= 4 is 29.9 Å². The SMILES string of the molecule is CN=C(NCc1cccc(Cn2cccn2)c1)NC1CCN(Cc2ccccc2)C(C)C1.I. The highest BCUT2D eigenvalue weighted by Gasteiger charge is 2.25. The van der Waals surface area contributed by atoms with E-state index in [1.165, 1.54) is 16.7 Å². The topological polar surface area (TPSA) is 57.5 Å². The Labute approximate surface area is 214 Å². The van der Waals surface area contributed by atoms with E-state index in [2.05, 4.69) is 87.1 Å². The van der Waals surface area contributed by atoms with Crippen LogP contribution in [0, 0.1) is 0 Å². The van der Waals surface area contributed by atoms with E-state index in [-0.39, 0.29) is 24.0 Å². The molecule has 2 aromatic carbocycles. The third-order valence-corrected chi connectivity index (χ3v) is 6.16. The van der Waals surface area contributed by atoms with E-state index in [9.17, 15) is 0 Å². The van der Waals surface area contributed by atoms with Crippen molar-refractivity contribution in [1.82, 2.24) is 25.3 Å². The Morgan fingerprint density at radius 3 is 2.55 bits per heavy atom. The zero-order valence-corrected chi connectivity index (χ0v) is 21.9. The van der Waals surface area contributed by atoms with Crippen LogP contribution < -0.4 is 10.6 Å². The first-order valence-corrected chi connectivity index (χ1v) is 11.5. The van der Waals surface area contributed by atoms with Gasteiger partial charge in [-0.3, -0.25) is 14.6 Å². The molecule has 1 aliphatic rings. The van der Waals surface area contributed by atoms with Gasteiger partial charge in [0.15, 0.2) is 5.96 Å². The number of hydrogen-bond acceptors (Lipinski definition) is 3. The second-order valence-electron chi connectivity index (χ2n) is 8.62. The quantitative estimate of drug-likeness (QED) is 0.259. The number of aliphatic imine (C=N–C) groups is 1. The van der Waals surface area contributed by atoms with Gasteiger partial charge in [-0.15, -0.1) is 24.0 Å². The third-order valence-electron chi connectivity index (χ3n) is 6.16. The van der Waals surface area contributed by atoms with E-state index >= 15 is 0 Å². The summed E-state index contributed by atoms with van der Waals surface area (Å²) in [5.41, 5.74) is 3.87. The summed E-state index contributed by atoms with van der Waals surface area (Å²) in [5, 5.41) is 11.4. The Hall–Kier alpha value is -2.39. The van der Waals surface area contributed by atoms with Crippen molar-refractivity contribution in [3.05, 3.63) is 89.7 Å². The van der Waals surface area contributed by atoms with E-state index in [1.807, 2.05) is 30.2 Å². The van der Waals surface area contributed by atoms with Gasteiger partial charge in [-0.2, -0.15) is 5.10 Å². The molecule has 2 atom stereocenters. The molecule has 1 aromatic heterocycles. The van der Waals surface area contributed by atoms with Crippen molar-refractivity contribution < 1.29 is 0 Å². The molecule has 2 unspecified atom stereocenters. The highest BCUT2D eigenvalue weighted by molar-refractivity contribution is 14.0. The maximum Gasteiger partial charge on any atom is 0.191 e. The minimum Gasteiger partial charge on any atom is -0.354 e. The molecule has 0 spiro atoms. The number of nitrogens with one attached hydrogen (secondary N) is 2. The van der Waals surface area contributed by atoms with E-state index < -0.39 is 0 Å². The van der Waals surface area contributed by atoms with Gasteiger partial charge < -0.3 is 10.6 Å². The fraction of sp³-hybridized carbons (Fsp3) is 0.385. The average molecular weight is 559 g/mol. The molecule has 1 saturated heterocycles. The van der Waals surface area contributed by atoms with Gasteiger partial charge in [0, 0.05) is 51.2 Å². The normalized spacial score (nSPS) is 19.0. The molecule has 33 heavy (non-hydrogen) atoms. The van der Waals surface area contributed by atoms with Crippen LogP contribution in [-0.2, 0) is 19.6 Å². The largest absolute Gasteiger partial charge is 0.354 e. The molecule has 1 fully saturated rings. The molecule has 3 aromatic rings. The summed E-state index contributed by atoms with van der Waals surface area (Å²) in [6, 6.07) is 22.3. The molecular formula is C26H35IN6. The number of likely N-dealkylation sites (tertiary alicyclic amines) is 1. The first-order chi connectivity index (χ1) is 15.7. The van der Waals surface area contributed by atoms with Gasteiger partial charge >= 0.3 is 0 Å². The van der Waals surface area contributed by atoms with Gasteiger partial charge in [0.2, 0.25) is 0 Å². The molecule has 0 radical (unpaired) electrons. The van der Waals surface area contributed by atoms with Gasteiger partial charge in [0.25, 0.3) is 0 Å². The maximum absolute atomic E-state index is 4.46. The standard InChI is InChI=1S/C26H34N6.HI/c1-21-16-25(12-15-31(21)19-22-8-4-3-5-9-22)30-26(27-2)28-18-23-10-6-11-24(17-23)20-32-14-7-13-29-32;/h3-11,13-14,17,21,25H,12,15-16,18-20H2,1-2H3,(H2,27,28,30);1H. The van der Waals surface area contributed by atoms with Gasteiger partial charge in [0.1, 0.15) is 0 Å². The first-order valence-electron chi connectivity index (χ1n) is 11.5. The average Bonchev–Trinajstić information content (AvgIpc) is 3.32. The lowest BCUT2D eigenvalue weighted by atomic mass is 9.97. The predicted octanol–water partition coefficient (Wildman–Crippen LogP) is 4.27. The molecule has 6 nitrogen and oxygen atoms in total.